The van der Waals surface area contributed by atoms with Crippen LogP contribution in [0.25, 0.3) is 0 Å². The molecule has 0 aliphatic heterocycles. The van der Waals surface area contributed by atoms with E-state index in [1.54, 1.807) is 0 Å². The molecule has 15 heavy (non-hydrogen) atoms. The van der Waals surface area contributed by atoms with Crippen molar-refractivity contribution in [1.82, 2.24) is 0 Å². The van der Waals surface area contributed by atoms with Gasteiger partial charge < -0.3 is 29.9 Å². The Kier molecular flexibility index (Phi) is 6.37. The number of carboxylic acid groups (broad SMARTS) is 1. The maximum Gasteiger partial charge on any atom is 0.335 e. The van der Waals surface area contributed by atoms with E-state index in [1.807, 2.05) is 0 Å². The van der Waals surface area contributed by atoms with Crippen LogP contribution in [0.5, 0.6) is 0 Å². The van der Waals surface area contributed by atoms with E-state index in [0.717, 1.165) is 0 Å². The Labute approximate surface area is 86.9 Å². The SMILES string of the molecule is COC(C)OC(C(=O)O)C(O)C(O)CO. The highest BCUT2D eigenvalue weighted by molar-refractivity contribution is 5.73. The predicted octanol–water partition coefficient (Wildman–Crippen LogP) is -1.84. The Balaban J connectivity index is 4.45. The van der Waals surface area contributed by atoms with Crippen LogP contribution in [-0.4, -0.2) is 64.7 Å². The standard InChI is InChI=1S/C8H16O7/c1-4(14-2)15-7(8(12)13)6(11)5(10)3-9/h4-7,9-11H,3H2,1-2H3,(H,12,13). The number of ether oxygens (including phenoxy) is 2. The van der Waals surface area contributed by atoms with Gasteiger partial charge >= 0.3 is 5.97 Å². The van der Waals surface area contributed by atoms with Crippen LogP contribution >= 0.6 is 0 Å². The van der Waals surface area contributed by atoms with E-state index in [4.69, 9.17) is 20.1 Å². The number of carboxylic acids is 1. The highest BCUT2D eigenvalue weighted by Gasteiger charge is 2.34. The molecule has 0 saturated heterocycles. The summed E-state index contributed by atoms with van der Waals surface area (Å²) in [6.07, 6.45) is -5.78. The average Bonchev–Trinajstić information content (AvgIpc) is 2.22. The summed E-state index contributed by atoms with van der Waals surface area (Å²) in [5, 5.41) is 35.6. The van der Waals surface area contributed by atoms with Crippen LogP contribution in [0.3, 0.4) is 0 Å². The van der Waals surface area contributed by atoms with Gasteiger partial charge in [0.2, 0.25) is 0 Å². The third-order valence-electron chi connectivity index (χ3n) is 1.81. The number of hydrogen-bond acceptors (Lipinski definition) is 6. The van der Waals surface area contributed by atoms with Gasteiger partial charge in [-0.3, -0.25) is 0 Å². The lowest BCUT2D eigenvalue weighted by molar-refractivity contribution is -0.203. The van der Waals surface area contributed by atoms with Crippen molar-refractivity contribution in [3.63, 3.8) is 0 Å². The molecule has 0 aromatic rings. The quantitative estimate of drug-likeness (QED) is 0.375. The van der Waals surface area contributed by atoms with Crippen LogP contribution < -0.4 is 0 Å². The van der Waals surface area contributed by atoms with Crippen molar-refractivity contribution in [3.05, 3.63) is 0 Å². The Hall–Kier alpha value is -0.730. The van der Waals surface area contributed by atoms with Crippen molar-refractivity contribution >= 4 is 5.97 Å². The van der Waals surface area contributed by atoms with Crippen molar-refractivity contribution < 1.29 is 34.7 Å². The summed E-state index contributed by atoms with van der Waals surface area (Å²) in [6, 6.07) is 0. The van der Waals surface area contributed by atoms with Crippen molar-refractivity contribution in [3.8, 4) is 0 Å². The number of rotatable bonds is 7. The smallest absolute Gasteiger partial charge is 0.335 e. The fraction of sp³-hybridized carbons (Fsp3) is 0.875. The van der Waals surface area contributed by atoms with Crippen LogP contribution in [0.2, 0.25) is 0 Å². The average molecular weight is 224 g/mol. The first-order valence-electron chi connectivity index (χ1n) is 4.32. The minimum atomic E-state index is -1.72. The molecule has 7 nitrogen and oxygen atoms in total. The molecule has 4 atom stereocenters. The van der Waals surface area contributed by atoms with Crippen LogP contribution in [0.1, 0.15) is 6.92 Å². The van der Waals surface area contributed by atoms with Crippen molar-refractivity contribution in [1.29, 1.82) is 0 Å². The predicted molar refractivity (Wildman–Crippen MR) is 48.1 cm³/mol. The summed E-state index contributed by atoms with van der Waals surface area (Å²) in [5.74, 6) is -1.45. The van der Waals surface area contributed by atoms with Gasteiger partial charge in [-0.2, -0.15) is 0 Å². The van der Waals surface area contributed by atoms with E-state index in [0.29, 0.717) is 0 Å². The van der Waals surface area contributed by atoms with Gasteiger partial charge in [-0.15, -0.1) is 0 Å². The summed E-state index contributed by atoms with van der Waals surface area (Å²) < 4.78 is 9.46. The summed E-state index contributed by atoms with van der Waals surface area (Å²) in [6.45, 7) is 0.684. The minimum Gasteiger partial charge on any atom is -0.479 e. The van der Waals surface area contributed by atoms with E-state index in [1.165, 1.54) is 14.0 Å². The molecule has 0 aliphatic carbocycles. The number of aliphatic hydroxyl groups is 3. The van der Waals surface area contributed by atoms with E-state index >= 15 is 0 Å². The lowest BCUT2D eigenvalue weighted by Gasteiger charge is -2.24. The third-order valence-corrected chi connectivity index (χ3v) is 1.81. The molecule has 4 N–H and O–H groups in total. The summed E-state index contributed by atoms with van der Waals surface area (Å²) in [4.78, 5) is 10.7. The van der Waals surface area contributed by atoms with E-state index in [9.17, 15) is 9.90 Å². The van der Waals surface area contributed by atoms with Crippen LogP contribution in [0, 0.1) is 0 Å². The first-order valence-corrected chi connectivity index (χ1v) is 4.32. The molecule has 0 saturated carbocycles. The highest BCUT2D eigenvalue weighted by Crippen LogP contribution is 2.08. The minimum absolute atomic E-state index is 0.754. The zero-order chi connectivity index (χ0) is 12.0. The van der Waals surface area contributed by atoms with E-state index in [2.05, 4.69) is 4.74 Å². The molecule has 0 spiro atoms. The fourth-order valence-electron chi connectivity index (χ4n) is 0.857. The van der Waals surface area contributed by atoms with Crippen molar-refractivity contribution in [2.24, 2.45) is 0 Å². The maximum atomic E-state index is 10.7. The van der Waals surface area contributed by atoms with Gasteiger partial charge in [0.25, 0.3) is 0 Å². The molecule has 0 rings (SSSR count). The Morgan fingerprint density at radius 1 is 1.40 bits per heavy atom. The number of aliphatic carboxylic acids is 1. The van der Waals surface area contributed by atoms with Gasteiger partial charge in [0.1, 0.15) is 12.2 Å². The van der Waals surface area contributed by atoms with Crippen LogP contribution in [0.15, 0.2) is 0 Å². The van der Waals surface area contributed by atoms with Gasteiger partial charge in [-0.25, -0.2) is 4.79 Å². The van der Waals surface area contributed by atoms with Gasteiger partial charge in [0.15, 0.2) is 12.4 Å². The summed E-state index contributed by atoms with van der Waals surface area (Å²) in [7, 11) is 1.30. The fourth-order valence-corrected chi connectivity index (χ4v) is 0.857. The molecule has 0 bridgehead atoms. The molecule has 0 fully saturated rings. The Morgan fingerprint density at radius 2 is 1.93 bits per heavy atom. The molecule has 0 aromatic carbocycles. The molecule has 7 heteroatoms. The second-order valence-electron chi connectivity index (χ2n) is 2.94. The van der Waals surface area contributed by atoms with Gasteiger partial charge in [-0.05, 0) is 6.92 Å². The van der Waals surface area contributed by atoms with Gasteiger partial charge in [-0.1, -0.05) is 0 Å². The second kappa shape index (κ2) is 6.70. The molecule has 0 aromatic heterocycles. The first-order chi connectivity index (χ1) is 6.93. The third kappa shape index (κ3) is 4.54. The van der Waals surface area contributed by atoms with Crippen molar-refractivity contribution in [2.75, 3.05) is 13.7 Å². The number of carbonyl (C=O) groups is 1. The lowest BCUT2D eigenvalue weighted by Crippen LogP contribution is -2.47. The summed E-state index contributed by atoms with van der Waals surface area (Å²) >= 11 is 0. The Bertz CT molecular complexity index is 195. The van der Waals surface area contributed by atoms with Gasteiger partial charge in [0.05, 0.1) is 6.61 Å². The first kappa shape index (κ1) is 14.3. The molecule has 4 unspecified atom stereocenters. The zero-order valence-corrected chi connectivity index (χ0v) is 8.53. The molecular weight excluding hydrogens is 208 g/mol. The molecule has 0 amide bonds. The number of aliphatic hydroxyl groups excluding tert-OH is 3. The van der Waals surface area contributed by atoms with Crippen LogP contribution in [0.4, 0.5) is 0 Å². The monoisotopic (exact) mass is 224 g/mol. The molecule has 0 aliphatic rings. The topological polar surface area (TPSA) is 116 Å². The molecule has 0 radical (unpaired) electrons. The largest absolute Gasteiger partial charge is 0.479 e. The maximum absolute atomic E-state index is 10.7. The summed E-state index contributed by atoms with van der Waals surface area (Å²) in [5.41, 5.74) is 0. The zero-order valence-electron chi connectivity index (χ0n) is 8.53. The molecular formula is C8H16O7. The van der Waals surface area contributed by atoms with Gasteiger partial charge in [0, 0.05) is 7.11 Å². The van der Waals surface area contributed by atoms with Crippen LogP contribution in [-0.2, 0) is 14.3 Å². The normalized spacial score (nSPS) is 19.3. The van der Waals surface area contributed by atoms with Crippen molar-refractivity contribution in [2.45, 2.75) is 31.5 Å². The molecule has 90 valence electrons. The Morgan fingerprint density at radius 3 is 2.27 bits per heavy atom. The van der Waals surface area contributed by atoms with E-state index in [-0.39, 0.29) is 0 Å². The lowest BCUT2D eigenvalue weighted by atomic mass is 10.1. The highest BCUT2D eigenvalue weighted by atomic mass is 16.7. The number of methoxy groups -OCH3 is 1. The molecule has 0 heterocycles. The second-order valence-corrected chi connectivity index (χ2v) is 2.94. The number of hydrogen-bond donors (Lipinski definition) is 4. The van der Waals surface area contributed by atoms with E-state index < -0.39 is 37.2 Å².